The molecule has 120 valence electrons. The summed E-state index contributed by atoms with van der Waals surface area (Å²) in [6.45, 7) is 8.81. The lowest BCUT2D eigenvalue weighted by atomic mass is 9.95. The van der Waals surface area contributed by atoms with Crippen LogP contribution in [0.3, 0.4) is 0 Å². The van der Waals surface area contributed by atoms with Crippen LogP contribution in [-0.4, -0.2) is 14.5 Å². The summed E-state index contributed by atoms with van der Waals surface area (Å²) in [5, 5.41) is 8.65. The SMILES string of the molecule is CC(C)CC(CC(C)C)Nc1ccc(S(N)(=O)=O)cc1Br. The van der Waals surface area contributed by atoms with Crippen molar-refractivity contribution in [3.8, 4) is 0 Å². The van der Waals surface area contributed by atoms with Gasteiger partial charge in [0.2, 0.25) is 10.0 Å². The fourth-order valence-corrected chi connectivity index (χ4v) is 3.55. The quantitative estimate of drug-likeness (QED) is 0.755. The molecule has 0 saturated carbocycles. The van der Waals surface area contributed by atoms with E-state index < -0.39 is 10.0 Å². The molecule has 3 N–H and O–H groups in total. The van der Waals surface area contributed by atoms with Crippen molar-refractivity contribution in [1.29, 1.82) is 0 Å². The van der Waals surface area contributed by atoms with E-state index >= 15 is 0 Å². The molecule has 0 bridgehead atoms. The second-order valence-electron chi connectivity index (χ2n) is 6.29. The summed E-state index contributed by atoms with van der Waals surface area (Å²) >= 11 is 3.42. The topological polar surface area (TPSA) is 72.2 Å². The van der Waals surface area contributed by atoms with Crippen LogP contribution < -0.4 is 10.5 Å². The number of rotatable bonds is 7. The van der Waals surface area contributed by atoms with Crippen molar-refractivity contribution in [2.45, 2.75) is 51.5 Å². The molecular weight excluding hydrogens is 352 g/mol. The van der Waals surface area contributed by atoms with Gasteiger partial charge in [-0.15, -0.1) is 0 Å². The second-order valence-corrected chi connectivity index (χ2v) is 8.70. The molecule has 0 fully saturated rings. The lowest BCUT2D eigenvalue weighted by Gasteiger charge is -2.24. The first-order valence-electron chi connectivity index (χ1n) is 7.18. The number of halogens is 1. The van der Waals surface area contributed by atoms with Crippen molar-refractivity contribution < 1.29 is 8.42 Å². The minimum Gasteiger partial charge on any atom is -0.381 e. The van der Waals surface area contributed by atoms with Gasteiger partial charge in [-0.2, -0.15) is 0 Å². The summed E-state index contributed by atoms with van der Waals surface area (Å²) in [5.74, 6) is 1.20. The number of nitrogens with one attached hydrogen (secondary N) is 1. The largest absolute Gasteiger partial charge is 0.381 e. The fourth-order valence-electron chi connectivity index (χ4n) is 2.36. The van der Waals surface area contributed by atoms with Gasteiger partial charge < -0.3 is 5.32 Å². The zero-order valence-corrected chi connectivity index (χ0v) is 15.5. The maximum atomic E-state index is 11.3. The predicted molar refractivity (Wildman–Crippen MR) is 91.8 cm³/mol. The van der Waals surface area contributed by atoms with E-state index in [0.717, 1.165) is 18.5 Å². The van der Waals surface area contributed by atoms with Crippen LogP contribution in [0.2, 0.25) is 0 Å². The van der Waals surface area contributed by atoms with Gasteiger partial charge in [-0.1, -0.05) is 27.7 Å². The van der Waals surface area contributed by atoms with Gasteiger partial charge in [0.05, 0.1) is 4.90 Å². The molecule has 1 rings (SSSR count). The summed E-state index contributed by atoms with van der Waals surface area (Å²) in [6.07, 6.45) is 2.14. The first kappa shape index (κ1) is 18.5. The molecule has 0 atom stereocenters. The number of sulfonamides is 1. The Balaban J connectivity index is 2.93. The third-order valence-electron chi connectivity index (χ3n) is 3.14. The molecule has 0 heterocycles. The second kappa shape index (κ2) is 7.61. The molecule has 0 aliphatic carbocycles. The predicted octanol–water partition coefficient (Wildman–Crippen LogP) is 3.97. The monoisotopic (exact) mass is 376 g/mol. The lowest BCUT2D eigenvalue weighted by molar-refractivity contribution is 0.442. The van der Waals surface area contributed by atoms with Gasteiger partial charge in [0.15, 0.2) is 0 Å². The summed E-state index contributed by atoms with van der Waals surface area (Å²) in [5.41, 5.74) is 0.897. The van der Waals surface area contributed by atoms with Crippen LogP contribution in [0, 0.1) is 11.8 Å². The smallest absolute Gasteiger partial charge is 0.238 e. The molecule has 0 amide bonds. The van der Waals surface area contributed by atoms with Crippen LogP contribution in [-0.2, 0) is 10.0 Å². The molecule has 0 aliphatic rings. The fraction of sp³-hybridized carbons (Fsp3) is 0.600. The molecule has 0 aliphatic heterocycles. The zero-order valence-electron chi connectivity index (χ0n) is 13.1. The first-order valence-corrected chi connectivity index (χ1v) is 9.52. The van der Waals surface area contributed by atoms with Gasteiger partial charge >= 0.3 is 0 Å². The number of hydrogen-bond donors (Lipinski definition) is 2. The highest BCUT2D eigenvalue weighted by atomic mass is 79.9. The molecule has 6 heteroatoms. The lowest BCUT2D eigenvalue weighted by Crippen LogP contribution is -2.24. The summed E-state index contributed by atoms with van der Waals surface area (Å²) in [4.78, 5) is 0.115. The van der Waals surface area contributed by atoms with Crippen molar-refractivity contribution in [3.63, 3.8) is 0 Å². The van der Waals surface area contributed by atoms with E-state index in [2.05, 4.69) is 48.9 Å². The van der Waals surface area contributed by atoms with Crippen LogP contribution >= 0.6 is 15.9 Å². The summed E-state index contributed by atoms with van der Waals surface area (Å²) < 4.78 is 23.4. The van der Waals surface area contributed by atoms with Gasteiger partial charge in [-0.3, -0.25) is 0 Å². The standard InChI is InChI=1S/C15H25BrN2O2S/c1-10(2)7-12(8-11(3)4)18-15-6-5-13(9-14(15)16)21(17,19)20/h5-6,9-12,18H,7-8H2,1-4H3,(H2,17,19,20). The molecule has 0 radical (unpaired) electrons. The number of nitrogens with two attached hydrogens (primary N) is 1. The molecule has 4 nitrogen and oxygen atoms in total. The molecule has 21 heavy (non-hydrogen) atoms. The highest BCUT2D eigenvalue weighted by molar-refractivity contribution is 9.10. The van der Waals surface area contributed by atoms with E-state index in [1.165, 1.54) is 6.07 Å². The van der Waals surface area contributed by atoms with Crippen molar-refractivity contribution >= 4 is 31.6 Å². The number of hydrogen-bond acceptors (Lipinski definition) is 3. The molecule has 0 aromatic heterocycles. The molecule has 0 spiro atoms. The van der Waals surface area contributed by atoms with Crippen molar-refractivity contribution in [2.24, 2.45) is 17.0 Å². The van der Waals surface area contributed by atoms with Gasteiger partial charge in [-0.05, 0) is 58.8 Å². The average molecular weight is 377 g/mol. The molecule has 0 saturated heterocycles. The minimum atomic E-state index is -3.67. The number of anilines is 1. The van der Waals surface area contributed by atoms with E-state index in [0.29, 0.717) is 22.4 Å². The normalized spacial score (nSPS) is 12.4. The average Bonchev–Trinajstić information content (AvgIpc) is 2.28. The Labute approximate surface area is 136 Å². The van der Waals surface area contributed by atoms with Gasteiger partial charge in [-0.25, -0.2) is 13.6 Å². The van der Waals surface area contributed by atoms with Gasteiger partial charge in [0.1, 0.15) is 0 Å². The Morgan fingerprint density at radius 3 is 2.05 bits per heavy atom. The van der Waals surface area contributed by atoms with E-state index in [1.54, 1.807) is 12.1 Å². The van der Waals surface area contributed by atoms with Gasteiger partial charge in [0, 0.05) is 16.2 Å². The maximum absolute atomic E-state index is 11.3. The molecule has 1 aromatic rings. The molecule has 1 aromatic carbocycles. The highest BCUT2D eigenvalue weighted by Gasteiger charge is 2.15. The van der Waals surface area contributed by atoms with E-state index in [-0.39, 0.29) is 4.90 Å². The van der Waals surface area contributed by atoms with Crippen LogP contribution in [0.5, 0.6) is 0 Å². The summed E-state index contributed by atoms with van der Waals surface area (Å²) in [7, 11) is -3.67. The van der Waals surface area contributed by atoms with Crippen LogP contribution in [0.1, 0.15) is 40.5 Å². The maximum Gasteiger partial charge on any atom is 0.238 e. The minimum absolute atomic E-state index is 0.115. The highest BCUT2D eigenvalue weighted by Crippen LogP contribution is 2.28. The van der Waals surface area contributed by atoms with Crippen molar-refractivity contribution in [1.82, 2.24) is 0 Å². The Morgan fingerprint density at radius 1 is 1.14 bits per heavy atom. The molecule has 0 unspecified atom stereocenters. The zero-order chi connectivity index (χ0) is 16.2. The van der Waals surface area contributed by atoms with Crippen molar-refractivity contribution in [2.75, 3.05) is 5.32 Å². The Hall–Kier alpha value is -0.590. The van der Waals surface area contributed by atoms with Crippen molar-refractivity contribution in [3.05, 3.63) is 22.7 Å². The first-order chi connectivity index (χ1) is 9.59. The van der Waals surface area contributed by atoms with Crippen LogP contribution in [0.15, 0.2) is 27.6 Å². The van der Waals surface area contributed by atoms with Gasteiger partial charge in [0.25, 0.3) is 0 Å². The molecular formula is C15H25BrN2O2S. The Bertz CT molecular complexity index is 561. The number of benzene rings is 1. The van der Waals surface area contributed by atoms with E-state index in [1.807, 2.05) is 0 Å². The van der Waals surface area contributed by atoms with Crippen LogP contribution in [0.4, 0.5) is 5.69 Å². The Morgan fingerprint density at radius 2 is 1.67 bits per heavy atom. The van der Waals surface area contributed by atoms with E-state index in [9.17, 15) is 8.42 Å². The third-order valence-corrected chi connectivity index (χ3v) is 4.71. The number of primary sulfonamides is 1. The Kier molecular flexibility index (Phi) is 6.69. The van der Waals surface area contributed by atoms with Crippen LogP contribution in [0.25, 0.3) is 0 Å². The van der Waals surface area contributed by atoms with E-state index in [4.69, 9.17) is 5.14 Å². The third kappa shape index (κ3) is 6.36. The summed E-state index contributed by atoms with van der Waals surface area (Å²) in [6, 6.07) is 5.20.